The Kier molecular flexibility index (Phi) is 5.19. The van der Waals surface area contributed by atoms with E-state index in [1.165, 1.54) is 12.4 Å². The summed E-state index contributed by atoms with van der Waals surface area (Å²) >= 11 is 0. The number of carbonyl (C=O) groups is 1. The predicted octanol–water partition coefficient (Wildman–Crippen LogP) is 2.47. The van der Waals surface area contributed by atoms with E-state index in [2.05, 4.69) is 14.9 Å². The van der Waals surface area contributed by atoms with E-state index >= 15 is 0 Å². The van der Waals surface area contributed by atoms with Gasteiger partial charge in [0.1, 0.15) is 23.7 Å². The summed E-state index contributed by atoms with van der Waals surface area (Å²) in [6.07, 6.45) is 1.47. The lowest BCUT2D eigenvalue weighted by atomic mass is 10.1. The first-order valence-electron chi connectivity index (χ1n) is 10.5. The Labute approximate surface area is 179 Å². The van der Waals surface area contributed by atoms with E-state index in [0.717, 1.165) is 0 Å². The van der Waals surface area contributed by atoms with Gasteiger partial charge in [0.2, 0.25) is 5.71 Å². The van der Waals surface area contributed by atoms with Crippen LogP contribution in [0.4, 0.5) is 15.9 Å². The van der Waals surface area contributed by atoms with Crippen molar-refractivity contribution in [1.82, 2.24) is 14.9 Å². The Balaban J connectivity index is 1.41. The van der Waals surface area contributed by atoms with Gasteiger partial charge in [0.15, 0.2) is 0 Å². The van der Waals surface area contributed by atoms with Crippen molar-refractivity contribution in [2.45, 2.75) is 6.92 Å². The number of fused-ring (bicyclic) bond motifs is 1. The third kappa shape index (κ3) is 3.59. The van der Waals surface area contributed by atoms with Crippen molar-refractivity contribution in [2.24, 2.45) is 0 Å². The molecule has 162 valence electrons. The molecular formula is C22H24FN5O3. The van der Waals surface area contributed by atoms with Crippen LogP contribution in [0.2, 0.25) is 0 Å². The molecule has 0 aliphatic carbocycles. The Morgan fingerprint density at radius 1 is 1.00 bits per heavy atom. The first-order chi connectivity index (χ1) is 15.1. The fraction of sp³-hybridized carbons (Fsp3) is 0.409. The molecule has 2 aliphatic rings. The topological polar surface area (TPSA) is 74.9 Å². The summed E-state index contributed by atoms with van der Waals surface area (Å²) in [4.78, 5) is 28.1. The van der Waals surface area contributed by atoms with Crippen molar-refractivity contribution < 1.29 is 18.3 Å². The van der Waals surface area contributed by atoms with Gasteiger partial charge in [-0.05, 0) is 19.1 Å². The number of anilines is 2. The van der Waals surface area contributed by atoms with Gasteiger partial charge < -0.3 is 23.9 Å². The highest BCUT2D eigenvalue weighted by atomic mass is 19.1. The fourth-order valence-corrected chi connectivity index (χ4v) is 4.32. The van der Waals surface area contributed by atoms with Crippen molar-refractivity contribution in [3.8, 4) is 0 Å². The Morgan fingerprint density at radius 2 is 1.74 bits per heavy atom. The summed E-state index contributed by atoms with van der Waals surface area (Å²) in [6.45, 7) is 6.54. The molecule has 0 bridgehead atoms. The molecule has 4 heterocycles. The van der Waals surface area contributed by atoms with Crippen molar-refractivity contribution >= 4 is 28.5 Å². The lowest BCUT2D eigenvalue weighted by Gasteiger charge is -2.36. The van der Waals surface area contributed by atoms with Crippen LogP contribution in [0.15, 0.2) is 35.0 Å². The molecule has 0 unspecified atom stereocenters. The number of para-hydroxylation sites is 1. The van der Waals surface area contributed by atoms with E-state index in [0.29, 0.717) is 86.4 Å². The van der Waals surface area contributed by atoms with E-state index in [4.69, 9.17) is 9.15 Å². The van der Waals surface area contributed by atoms with Gasteiger partial charge in [-0.25, -0.2) is 14.4 Å². The molecule has 1 aromatic carbocycles. The molecule has 0 saturated carbocycles. The SMILES string of the molecule is Cc1oc2ncnc(N3CCOCC3)c2c1C(=O)N1CCN(c2ccccc2F)CC1. The standard InChI is InChI=1S/C22H24FN5O3/c1-15-18(19-20(24-14-25-21(19)31-15)27-10-12-30-13-11-27)22(29)28-8-6-26(7-9-28)17-5-3-2-4-16(17)23/h2-5,14H,6-13H2,1H3. The quantitative estimate of drug-likeness (QED) is 0.638. The van der Waals surface area contributed by atoms with Crippen LogP contribution in [-0.4, -0.2) is 73.3 Å². The maximum Gasteiger partial charge on any atom is 0.258 e. The first-order valence-corrected chi connectivity index (χ1v) is 10.5. The minimum Gasteiger partial charge on any atom is -0.442 e. The number of benzene rings is 1. The second-order valence-corrected chi connectivity index (χ2v) is 7.74. The van der Waals surface area contributed by atoms with E-state index in [9.17, 15) is 9.18 Å². The summed E-state index contributed by atoms with van der Waals surface area (Å²) in [5, 5.41) is 0.656. The Morgan fingerprint density at radius 3 is 2.48 bits per heavy atom. The second kappa shape index (κ2) is 8.14. The zero-order valence-electron chi connectivity index (χ0n) is 17.4. The molecule has 2 saturated heterocycles. The van der Waals surface area contributed by atoms with Crippen LogP contribution in [0.5, 0.6) is 0 Å². The van der Waals surface area contributed by atoms with Crippen molar-refractivity contribution in [2.75, 3.05) is 62.3 Å². The van der Waals surface area contributed by atoms with Gasteiger partial charge in [-0.3, -0.25) is 4.79 Å². The maximum atomic E-state index is 14.1. The highest BCUT2D eigenvalue weighted by molar-refractivity contribution is 6.10. The number of morpholine rings is 1. The van der Waals surface area contributed by atoms with Crippen molar-refractivity contribution in [3.05, 3.63) is 47.7 Å². The summed E-state index contributed by atoms with van der Waals surface area (Å²) in [7, 11) is 0. The summed E-state index contributed by atoms with van der Waals surface area (Å²) in [6, 6.07) is 6.73. The van der Waals surface area contributed by atoms with Crippen LogP contribution in [0.3, 0.4) is 0 Å². The van der Waals surface area contributed by atoms with Crippen LogP contribution >= 0.6 is 0 Å². The van der Waals surface area contributed by atoms with Crippen molar-refractivity contribution in [1.29, 1.82) is 0 Å². The van der Waals surface area contributed by atoms with Gasteiger partial charge in [0.05, 0.1) is 29.9 Å². The molecule has 0 spiro atoms. The number of amides is 1. The van der Waals surface area contributed by atoms with Gasteiger partial charge in [-0.15, -0.1) is 0 Å². The van der Waals surface area contributed by atoms with Crippen LogP contribution in [0.1, 0.15) is 16.1 Å². The molecule has 2 aromatic heterocycles. The normalized spacial score (nSPS) is 17.4. The number of halogens is 1. The molecule has 2 fully saturated rings. The number of rotatable bonds is 3. The fourth-order valence-electron chi connectivity index (χ4n) is 4.32. The molecule has 8 nitrogen and oxygen atoms in total. The van der Waals surface area contributed by atoms with Gasteiger partial charge in [0.25, 0.3) is 5.91 Å². The zero-order valence-corrected chi connectivity index (χ0v) is 17.4. The van der Waals surface area contributed by atoms with Crippen LogP contribution in [0.25, 0.3) is 11.1 Å². The Bertz CT molecular complexity index is 1100. The van der Waals surface area contributed by atoms with Gasteiger partial charge in [0, 0.05) is 39.3 Å². The molecule has 3 aromatic rings. The second-order valence-electron chi connectivity index (χ2n) is 7.74. The van der Waals surface area contributed by atoms with Gasteiger partial charge in [-0.1, -0.05) is 12.1 Å². The molecular weight excluding hydrogens is 401 g/mol. The number of nitrogens with zero attached hydrogens (tertiary/aromatic N) is 5. The number of carbonyl (C=O) groups excluding carboxylic acids is 1. The molecule has 0 N–H and O–H groups in total. The number of hydrogen-bond donors (Lipinski definition) is 0. The third-order valence-electron chi connectivity index (χ3n) is 5.93. The van der Waals surface area contributed by atoms with E-state index in [-0.39, 0.29) is 11.7 Å². The number of piperazine rings is 1. The average Bonchev–Trinajstić information content (AvgIpc) is 3.15. The highest BCUT2D eigenvalue weighted by Crippen LogP contribution is 2.33. The van der Waals surface area contributed by atoms with E-state index in [1.807, 2.05) is 11.0 Å². The number of furan rings is 1. The predicted molar refractivity (Wildman–Crippen MR) is 114 cm³/mol. The smallest absolute Gasteiger partial charge is 0.258 e. The molecule has 5 rings (SSSR count). The molecule has 0 radical (unpaired) electrons. The molecule has 2 aliphatic heterocycles. The van der Waals surface area contributed by atoms with Crippen LogP contribution in [0, 0.1) is 12.7 Å². The first kappa shape index (κ1) is 19.7. The van der Waals surface area contributed by atoms with Gasteiger partial charge >= 0.3 is 0 Å². The maximum absolute atomic E-state index is 14.1. The minimum absolute atomic E-state index is 0.103. The molecule has 9 heteroatoms. The average molecular weight is 425 g/mol. The Hall–Kier alpha value is -3.20. The number of aryl methyl sites for hydroxylation is 1. The zero-order chi connectivity index (χ0) is 21.4. The molecule has 1 amide bonds. The number of hydrogen-bond acceptors (Lipinski definition) is 7. The summed E-state index contributed by atoms with van der Waals surface area (Å²) in [5.74, 6) is 0.894. The van der Waals surface area contributed by atoms with Crippen LogP contribution in [-0.2, 0) is 4.74 Å². The monoisotopic (exact) mass is 425 g/mol. The third-order valence-corrected chi connectivity index (χ3v) is 5.93. The van der Waals surface area contributed by atoms with Crippen molar-refractivity contribution in [3.63, 3.8) is 0 Å². The lowest BCUT2D eigenvalue weighted by Crippen LogP contribution is -2.49. The number of aromatic nitrogens is 2. The summed E-state index contributed by atoms with van der Waals surface area (Å²) < 4.78 is 25.4. The largest absolute Gasteiger partial charge is 0.442 e. The molecule has 0 atom stereocenters. The van der Waals surface area contributed by atoms with E-state index < -0.39 is 0 Å². The lowest BCUT2D eigenvalue weighted by molar-refractivity contribution is 0.0746. The summed E-state index contributed by atoms with van der Waals surface area (Å²) in [5.41, 5.74) is 1.50. The van der Waals surface area contributed by atoms with Gasteiger partial charge in [-0.2, -0.15) is 0 Å². The van der Waals surface area contributed by atoms with Crippen LogP contribution < -0.4 is 9.80 Å². The molecule has 31 heavy (non-hydrogen) atoms. The minimum atomic E-state index is -0.244. The highest BCUT2D eigenvalue weighted by Gasteiger charge is 2.30. The number of ether oxygens (including phenoxy) is 1. The van der Waals surface area contributed by atoms with E-state index in [1.54, 1.807) is 24.0 Å².